The van der Waals surface area contributed by atoms with Gasteiger partial charge in [-0.25, -0.2) is 9.37 Å². The molecule has 25 heavy (non-hydrogen) atoms. The van der Waals surface area contributed by atoms with Gasteiger partial charge in [-0.15, -0.1) is 11.3 Å². The molecule has 0 saturated carbocycles. The zero-order valence-electron chi connectivity index (χ0n) is 13.5. The molecular weight excluding hydrogens is 341 g/mol. The third kappa shape index (κ3) is 3.85. The number of thiazole rings is 1. The molecule has 3 aromatic rings. The topological polar surface area (TPSA) is 59.4 Å². The summed E-state index contributed by atoms with van der Waals surface area (Å²) in [6.45, 7) is 0. The van der Waals surface area contributed by atoms with Crippen molar-refractivity contribution in [3.8, 4) is 16.9 Å². The van der Waals surface area contributed by atoms with Gasteiger partial charge in [0, 0.05) is 23.1 Å². The van der Waals surface area contributed by atoms with E-state index in [0.717, 1.165) is 16.1 Å². The highest BCUT2D eigenvalue weighted by Crippen LogP contribution is 2.35. The number of carboxylic acids is 1. The predicted octanol–water partition coefficient (Wildman–Crippen LogP) is 4.56. The lowest BCUT2D eigenvalue weighted by atomic mass is 9.92. The number of hydrogen-bond acceptors (Lipinski definition) is 4. The van der Waals surface area contributed by atoms with E-state index >= 15 is 0 Å². The Labute approximate surface area is 148 Å². The maximum Gasteiger partial charge on any atom is 0.304 e. The summed E-state index contributed by atoms with van der Waals surface area (Å²) in [6.07, 6.45) is 1.60. The molecule has 0 aliphatic carbocycles. The van der Waals surface area contributed by atoms with Crippen LogP contribution >= 0.6 is 11.3 Å². The third-order valence-corrected chi connectivity index (χ3v) is 4.78. The second kappa shape index (κ2) is 7.44. The lowest BCUT2D eigenvalue weighted by molar-refractivity contribution is -0.137. The Morgan fingerprint density at radius 1 is 1.32 bits per heavy atom. The van der Waals surface area contributed by atoms with Gasteiger partial charge < -0.3 is 9.84 Å². The lowest BCUT2D eigenvalue weighted by Gasteiger charge is -2.15. The van der Waals surface area contributed by atoms with Crippen LogP contribution in [0.2, 0.25) is 0 Å². The minimum atomic E-state index is -0.895. The highest BCUT2D eigenvalue weighted by atomic mass is 32.1. The van der Waals surface area contributed by atoms with E-state index in [9.17, 15) is 14.3 Å². The lowest BCUT2D eigenvalue weighted by Crippen LogP contribution is -2.08. The standard InChI is InChI=1S/C19H16FNO3S/c1-24-17-6-5-14(20)10-15(17)12-3-2-4-13(9-12)16(11-18(22)23)19-21-7-8-25-19/h2-10,16H,11H2,1H3,(H,22,23). The predicted molar refractivity (Wildman–Crippen MR) is 94.6 cm³/mol. The summed E-state index contributed by atoms with van der Waals surface area (Å²) in [4.78, 5) is 15.6. The number of aromatic nitrogens is 1. The van der Waals surface area contributed by atoms with Crippen LogP contribution in [-0.4, -0.2) is 23.2 Å². The van der Waals surface area contributed by atoms with Crippen molar-refractivity contribution < 1.29 is 19.0 Å². The van der Waals surface area contributed by atoms with Crippen molar-refractivity contribution in [1.82, 2.24) is 4.98 Å². The normalized spacial score (nSPS) is 11.9. The van der Waals surface area contributed by atoms with E-state index < -0.39 is 5.97 Å². The fourth-order valence-electron chi connectivity index (χ4n) is 2.76. The molecule has 2 aromatic carbocycles. The van der Waals surface area contributed by atoms with Crippen molar-refractivity contribution in [3.05, 3.63) is 70.4 Å². The summed E-state index contributed by atoms with van der Waals surface area (Å²) in [5.74, 6) is -1.04. The number of nitrogens with zero attached hydrogens (tertiary/aromatic N) is 1. The van der Waals surface area contributed by atoms with Gasteiger partial charge >= 0.3 is 5.97 Å². The molecule has 0 amide bonds. The first kappa shape index (κ1) is 17.1. The van der Waals surface area contributed by atoms with Crippen LogP contribution in [0.3, 0.4) is 0 Å². The van der Waals surface area contributed by atoms with E-state index in [4.69, 9.17) is 4.74 Å². The first-order chi connectivity index (χ1) is 12.1. The Hall–Kier alpha value is -2.73. The Morgan fingerprint density at radius 3 is 2.84 bits per heavy atom. The monoisotopic (exact) mass is 357 g/mol. The van der Waals surface area contributed by atoms with Crippen molar-refractivity contribution in [2.45, 2.75) is 12.3 Å². The first-order valence-corrected chi connectivity index (χ1v) is 8.51. The van der Waals surface area contributed by atoms with E-state index in [1.165, 1.54) is 30.6 Å². The highest BCUT2D eigenvalue weighted by molar-refractivity contribution is 7.09. The molecule has 3 rings (SSSR count). The Kier molecular flexibility index (Phi) is 5.09. The van der Waals surface area contributed by atoms with Crippen molar-refractivity contribution in [2.75, 3.05) is 7.11 Å². The second-order valence-electron chi connectivity index (χ2n) is 5.49. The summed E-state index contributed by atoms with van der Waals surface area (Å²) in [5.41, 5.74) is 2.21. The second-order valence-corrected chi connectivity index (χ2v) is 6.42. The fourth-order valence-corrected chi connectivity index (χ4v) is 3.52. The van der Waals surface area contributed by atoms with Gasteiger partial charge in [0.2, 0.25) is 0 Å². The Bertz CT molecular complexity index is 880. The van der Waals surface area contributed by atoms with E-state index in [2.05, 4.69) is 4.98 Å². The molecule has 0 aliphatic heterocycles. The first-order valence-electron chi connectivity index (χ1n) is 7.63. The zero-order valence-corrected chi connectivity index (χ0v) is 14.3. The van der Waals surface area contributed by atoms with Gasteiger partial charge in [0.15, 0.2) is 0 Å². The molecule has 4 nitrogen and oxygen atoms in total. The number of hydrogen-bond donors (Lipinski definition) is 1. The van der Waals surface area contributed by atoms with Crippen LogP contribution < -0.4 is 4.74 Å². The van der Waals surface area contributed by atoms with E-state index in [1.54, 1.807) is 12.3 Å². The number of benzene rings is 2. The molecule has 0 spiro atoms. The van der Waals surface area contributed by atoms with Gasteiger partial charge in [-0.05, 0) is 29.3 Å². The smallest absolute Gasteiger partial charge is 0.304 e. The summed E-state index contributed by atoms with van der Waals surface area (Å²) in [6, 6.07) is 11.7. The summed E-state index contributed by atoms with van der Waals surface area (Å²) in [5, 5.41) is 11.8. The molecular formula is C19H16FNO3S. The molecule has 128 valence electrons. The quantitative estimate of drug-likeness (QED) is 0.702. The SMILES string of the molecule is COc1ccc(F)cc1-c1cccc(C(CC(=O)O)c2nccs2)c1. The molecule has 0 radical (unpaired) electrons. The van der Waals surface area contributed by atoms with Crippen molar-refractivity contribution in [3.63, 3.8) is 0 Å². The summed E-state index contributed by atoms with van der Waals surface area (Å²) >= 11 is 1.42. The van der Waals surface area contributed by atoms with Crippen LogP contribution in [-0.2, 0) is 4.79 Å². The van der Waals surface area contributed by atoms with Crippen LogP contribution in [0.4, 0.5) is 4.39 Å². The van der Waals surface area contributed by atoms with Gasteiger partial charge in [-0.3, -0.25) is 4.79 Å². The van der Waals surface area contributed by atoms with Gasteiger partial charge in [-0.2, -0.15) is 0 Å². The van der Waals surface area contributed by atoms with Crippen LogP contribution in [0, 0.1) is 5.82 Å². The molecule has 1 unspecified atom stereocenters. The number of aliphatic carboxylic acids is 1. The molecule has 1 N–H and O–H groups in total. The minimum absolute atomic E-state index is 0.0583. The van der Waals surface area contributed by atoms with Crippen LogP contribution in [0.1, 0.15) is 22.9 Å². The van der Waals surface area contributed by atoms with Crippen molar-refractivity contribution in [1.29, 1.82) is 0 Å². The van der Waals surface area contributed by atoms with Crippen LogP contribution in [0.5, 0.6) is 5.75 Å². The summed E-state index contributed by atoms with van der Waals surface area (Å²) in [7, 11) is 1.53. The van der Waals surface area contributed by atoms with Gasteiger partial charge in [-0.1, -0.05) is 24.3 Å². The third-order valence-electron chi connectivity index (χ3n) is 3.89. The van der Waals surface area contributed by atoms with Crippen LogP contribution in [0.25, 0.3) is 11.1 Å². The molecule has 1 heterocycles. The number of carbonyl (C=O) groups is 1. The van der Waals surface area contributed by atoms with Crippen LogP contribution in [0.15, 0.2) is 54.0 Å². The Morgan fingerprint density at radius 2 is 2.16 bits per heavy atom. The van der Waals surface area contributed by atoms with Gasteiger partial charge in [0.05, 0.1) is 13.5 Å². The molecule has 0 fully saturated rings. The van der Waals surface area contributed by atoms with Crippen molar-refractivity contribution in [2.24, 2.45) is 0 Å². The maximum atomic E-state index is 13.7. The highest BCUT2D eigenvalue weighted by Gasteiger charge is 2.21. The number of halogens is 1. The molecule has 0 saturated heterocycles. The maximum absolute atomic E-state index is 13.7. The van der Waals surface area contributed by atoms with Crippen molar-refractivity contribution >= 4 is 17.3 Å². The van der Waals surface area contributed by atoms with E-state index in [-0.39, 0.29) is 18.2 Å². The molecule has 0 aliphatic rings. The molecule has 1 atom stereocenters. The largest absolute Gasteiger partial charge is 0.496 e. The number of rotatable bonds is 6. The fraction of sp³-hybridized carbons (Fsp3) is 0.158. The molecule has 6 heteroatoms. The average Bonchev–Trinajstić information content (AvgIpc) is 3.14. The minimum Gasteiger partial charge on any atom is -0.496 e. The van der Waals surface area contributed by atoms with Gasteiger partial charge in [0.25, 0.3) is 0 Å². The Balaban J connectivity index is 2.06. The number of ether oxygens (including phenoxy) is 1. The van der Waals surface area contributed by atoms with E-state index in [1.807, 2.05) is 29.6 Å². The van der Waals surface area contributed by atoms with E-state index in [0.29, 0.717) is 11.3 Å². The number of methoxy groups -OCH3 is 1. The number of carboxylic acid groups (broad SMARTS) is 1. The summed E-state index contributed by atoms with van der Waals surface area (Å²) < 4.78 is 19.0. The molecule has 0 bridgehead atoms. The zero-order chi connectivity index (χ0) is 17.8. The van der Waals surface area contributed by atoms with Gasteiger partial charge in [0.1, 0.15) is 16.6 Å². The molecule has 1 aromatic heterocycles. The average molecular weight is 357 g/mol.